The molecular formula is C25H33IN6. The topological polar surface area (TPSA) is 57.5 Å². The fourth-order valence-corrected chi connectivity index (χ4v) is 4.04. The van der Waals surface area contributed by atoms with Gasteiger partial charge in [0.2, 0.25) is 0 Å². The zero-order valence-corrected chi connectivity index (χ0v) is 21.0. The van der Waals surface area contributed by atoms with Gasteiger partial charge < -0.3 is 10.6 Å². The zero-order valence-electron chi connectivity index (χ0n) is 18.7. The van der Waals surface area contributed by atoms with Crippen LogP contribution in [-0.2, 0) is 19.4 Å². The molecule has 6 nitrogen and oxygen atoms in total. The van der Waals surface area contributed by atoms with Gasteiger partial charge in [-0.2, -0.15) is 5.10 Å². The van der Waals surface area contributed by atoms with E-state index >= 15 is 0 Å². The van der Waals surface area contributed by atoms with E-state index in [0.717, 1.165) is 63.6 Å². The number of fused-ring (bicyclic) bond motifs is 1. The number of hydrogen-bond acceptors (Lipinski definition) is 3. The van der Waals surface area contributed by atoms with Crippen LogP contribution >= 0.6 is 24.0 Å². The molecule has 3 aromatic rings. The van der Waals surface area contributed by atoms with Crippen molar-refractivity contribution in [3.8, 4) is 5.69 Å². The normalized spacial score (nSPS) is 13.8. The van der Waals surface area contributed by atoms with Crippen molar-refractivity contribution in [2.75, 3.05) is 33.2 Å². The number of benzene rings is 2. The molecule has 0 unspecified atom stereocenters. The van der Waals surface area contributed by atoms with Crippen molar-refractivity contribution in [3.63, 3.8) is 0 Å². The van der Waals surface area contributed by atoms with E-state index in [0.29, 0.717) is 0 Å². The number of hydrogen-bond donors (Lipinski definition) is 2. The van der Waals surface area contributed by atoms with Crippen molar-refractivity contribution in [2.45, 2.75) is 25.8 Å². The Hall–Kier alpha value is -2.39. The van der Waals surface area contributed by atoms with Gasteiger partial charge in [-0.3, -0.25) is 9.89 Å². The van der Waals surface area contributed by atoms with Crippen LogP contribution in [0.3, 0.4) is 0 Å². The highest BCUT2D eigenvalue weighted by Crippen LogP contribution is 2.18. The summed E-state index contributed by atoms with van der Waals surface area (Å²) in [5, 5.41) is 11.1. The number of nitrogens with one attached hydrogen (secondary N) is 2. The number of halogens is 1. The van der Waals surface area contributed by atoms with Crippen LogP contribution in [0.2, 0.25) is 0 Å². The van der Waals surface area contributed by atoms with Crippen LogP contribution < -0.4 is 10.6 Å². The van der Waals surface area contributed by atoms with Gasteiger partial charge in [0.1, 0.15) is 0 Å². The minimum absolute atomic E-state index is 0. The molecule has 32 heavy (non-hydrogen) atoms. The number of aromatic nitrogens is 2. The third kappa shape index (κ3) is 6.80. The molecule has 0 atom stereocenters. The minimum Gasteiger partial charge on any atom is -0.356 e. The second-order valence-corrected chi connectivity index (χ2v) is 7.94. The van der Waals surface area contributed by atoms with E-state index in [1.165, 1.54) is 16.7 Å². The first-order chi connectivity index (χ1) is 15.3. The lowest BCUT2D eigenvalue weighted by atomic mass is 10.00. The Morgan fingerprint density at radius 2 is 1.78 bits per heavy atom. The van der Waals surface area contributed by atoms with Crippen LogP contribution in [0.1, 0.15) is 23.1 Å². The highest BCUT2D eigenvalue weighted by atomic mass is 127. The van der Waals surface area contributed by atoms with Gasteiger partial charge in [-0.15, -0.1) is 24.0 Å². The van der Waals surface area contributed by atoms with Gasteiger partial charge in [0.25, 0.3) is 0 Å². The van der Waals surface area contributed by atoms with Crippen molar-refractivity contribution >= 4 is 29.9 Å². The molecule has 0 radical (unpaired) electrons. The Balaban J connectivity index is 0.00000289. The maximum atomic E-state index is 4.35. The molecule has 0 bridgehead atoms. The summed E-state index contributed by atoms with van der Waals surface area (Å²) < 4.78 is 1.87. The maximum Gasteiger partial charge on any atom is 0.190 e. The smallest absolute Gasteiger partial charge is 0.190 e. The number of nitrogens with zero attached hydrogens (tertiary/aromatic N) is 4. The van der Waals surface area contributed by atoms with Crippen molar-refractivity contribution in [1.29, 1.82) is 0 Å². The lowest BCUT2D eigenvalue weighted by Gasteiger charge is -2.28. The van der Waals surface area contributed by atoms with Gasteiger partial charge >= 0.3 is 0 Å². The van der Waals surface area contributed by atoms with E-state index in [4.69, 9.17) is 0 Å². The molecule has 2 N–H and O–H groups in total. The Kier molecular flexibility index (Phi) is 9.55. The van der Waals surface area contributed by atoms with Crippen molar-refractivity contribution in [1.82, 2.24) is 25.3 Å². The summed E-state index contributed by atoms with van der Waals surface area (Å²) in [5.41, 5.74) is 5.37. The van der Waals surface area contributed by atoms with Crippen LogP contribution in [0, 0.1) is 0 Å². The molecule has 0 amide bonds. The Morgan fingerprint density at radius 1 is 1.00 bits per heavy atom. The van der Waals surface area contributed by atoms with Gasteiger partial charge in [-0.25, -0.2) is 4.68 Å². The van der Waals surface area contributed by atoms with Crippen LogP contribution in [0.5, 0.6) is 0 Å². The van der Waals surface area contributed by atoms with Crippen LogP contribution in [0.25, 0.3) is 5.69 Å². The van der Waals surface area contributed by atoms with Crippen LogP contribution in [0.4, 0.5) is 0 Å². The summed E-state index contributed by atoms with van der Waals surface area (Å²) in [5.74, 6) is 0.872. The fraction of sp³-hybridized carbons (Fsp3) is 0.360. The highest BCUT2D eigenvalue weighted by molar-refractivity contribution is 14.0. The van der Waals surface area contributed by atoms with Gasteiger partial charge in [0.15, 0.2) is 5.96 Å². The molecule has 170 valence electrons. The highest BCUT2D eigenvalue weighted by Gasteiger charge is 2.14. The van der Waals surface area contributed by atoms with Crippen LogP contribution in [-0.4, -0.2) is 53.9 Å². The number of rotatable bonds is 8. The average Bonchev–Trinajstić information content (AvgIpc) is 3.36. The molecule has 0 saturated carbocycles. The Labute approximate surface area is 208 Å². The van der Waals surface area contributed by atoms with E-state index in [1.807, 2.05) is 24.0 Å². The first-order valence-corrected chi connectivity index (χ1v) is 11.1. The lowest BCUT2D eigenvalue weighted by molar-refractivity contribution is 0.251. The molecule has 1 aliphatic heterocycles. The van der Waals surface area contributed by atoms with E-state index in [-0.39, 0.29) is 24.0 Å². The summed E-state index contributed by atoms with van der Waals surface area (Å²) >= 11 is 0. The minimum atomic E-state index is 0. The molecule has 0 spiro atoms. The summed E-state index contributed by atoms with van der Waals surface area (Å²) in [4.78, 5) is 6.90. The summed E-state index contributed by atoms with van der Waals surface area (Å²) in [6, 6.07) is 19.3. The predicted molar refractivity (Wildman–Crippen MR) is 142 cm³/mol. The van der Waals surface area contributed by atoms with E-state index in [1.54, 1.807) is 6.20 Å². The van der Waals surface area contributed by atoms with E-state index in [9.17, 15) is 0 Å². The zero-order chi connectivity index (χ0) is 21.3. The van der Waals surface area contributed by atoms with Gasteiger partial charge in [0.05, 0.1) is 5.69 Å². The first-order valence-electron chi connectivity index (χ1n) is 11.1. The Morgan fingerprint density at radius 3 is 2.53 bits per heavy atom. The summed E-state index contributed by atoms with van der Waals surface area (Å²) in [7, 11) is 1.83. The van der Waals surface area contributed by atoms with Crippen molar-refractivity contribution < 1.29 is 0 Å². The monoisotopic (exact) mass is 544 g/mol. The van der Waals surface area contributed by atoms with Crippen LogP contribution in [0.15, 0.2) is 72.0 Å². The molecule has 1 aliphatic rings. The second kappa shape index (κ2) is 12.6. The summed E-state index contributed by atoms with van der Waals surface area (Å²) in [6.45, 7) is 5.12. The lowest BCUT2D eigenvalue weighted by Crippen LogP contribution is -2.40. The molecule has 0 fully saturated rings. The molecular weight excluding hydrogens is 511 g/mol. The second-order valence-electron chi connectivity index (χ2n) is 7.94. The molecule has 1 aromatic heterocycles. The molecule has 2 heterocycles. The van der Waals surface area contributed by atoms with Gasteiger partial charge in [-0.05, 0) is 54.2 Å². The van der Waals surface area contributed by atoms with Crippen molar-refractivity contribution in [2.24, 2.45) is 4.99 Å². The summed E-state index contributed by atoms with van der Waals surface area (Å²) in [6.07, 6.45) is 6.97. The standard InChI is InChI=1S/C25H32N6.HI/c1-26-25(27-14-4-17-30-19-13-22-6-2-3-7-23(22)20-30)28-16-12-21-8-10-24(11-9-21)31-18-5-15-29-31;/h2-3,5-11,15,18H,4,12-14,16-17,19-20H2,1H3,(H2,26,27,28);1H. The third-order valence-corrected chi connectivity index (χ3v) is 5.79. The Bertz CT molecular complexity index is 968. The number of guanidine groups is 1. The molecule has 4 rings (SSSR count). The molecule has 2 aromatic carbocycles. The maximum absolute atomic E-state index is 4.35. The third-order valence-electron chi connectivity index (χ3n) is 5.79. The first kappa shape index (κ1) is 24.3. The predicted octanol–water partition coefficient (Wildman–Crippen LogP) is 3.65. The van der Waals surface area contributed by atoms with Gasteiger partial charge in [-0.1, -0.05) is 36.4 Å². The average molecular weight is 544 g/mol. The van der Waals surface area contributed by atoms with E-state index < -0.39 is 0 Å². The molecule has 7 heteroatoms. The largest absolute Gasteiger partial charge is 0.356 e. The molecule has 0 aliphatic carbocycles. The SMILES string of the molecule is CN=C(NCCCN1CCc2ccccc2C1)NCCc1ccc(-n2cccn2)cc1.I. The van der Waals surface area contributed by atoms with Crippen molar-refractivity contribution in [3.05, 3.63) is 83.7 Å². The van der Waals surface area contributed by atoms with Gasteiger partial charge in [0, 0.05) is 52.2 Å². The number of aliphatic imine (C=N–C) groups is 1. The quantitative estimate of drug-likeness (QED) is 0.197. The molecule has 0 saturated heterocycles. The van der Waals surface area contributed by atoms with E-state index in [2.05, 4.69) is 74.2 Å². The fourth-order valence-electron chi connectivity index (χ4n) is 4.04.